The molecule has 5 heteroatoms. The SMILES string of the molecule is Nc1nc(-c2ccccc2F)c2ccccc2nc1=O. The minimum Gasteiger partial charge on any atom is -0.379 e. The highest BCUT2D eigenvalue weighted by Gasteiger charge is 2.11. The standard InChI is InChI=1S/C15H10FN3O/c16-11-7-3-1-5-9(11)13-10-6-2-4-8-12(10)18-15(20)14(17)19-13/h1-8H,(H2,17,18,19,20). The zero-order valence-corrected chi connectivity index (χ0v) is 10.4. The highest BCUT2D eigenvalue weighted by atomic mass is 19.1. The molecule has 0 saturated heterocycles. The van der Waals surface area contributed by atoms with Crippen LogP contribution >= 0.6 is 0 Å². The van der Waals surface area contributed by atoms with E-state index in [4.69, 9.17) is 5.73 Å². The Labute approximate surface area is 113 Å². The molecule has 0 unspecified atom stereocenters. The highest BCUT2D eigenvalue weighted by molar-refractivity contribution is 5.92. The van der Waals surface area contributed by atoms with Gasteiger partial charge in [-0.3, -0.25) is 4.79 Å². The van der Waals surface area contributed by atoms with Crippen LogP contribution in [0.25, 0.3) is 22.2 Å². The molecule has 0 aliphatic carbocycles. The van der Waals surface area contributed by atoms with Crippen LogP contribution in [0.1, 0.15) is 0 Å². The molecule has 0 radical (unpaired) electrons. The van der Waals surface area contributed by atoms with E-state index >= 15 is 0 Å². The minimum absolute atomic E-state index is 0.251. The van der Waals surface area contributed by atoms with Crippen LogP contribution in [0.3, 0.4) is 0 Å². The number of nitrogens with two attached hydrogens (primary N) is 1. The number of nitrogens with zero attached hydrogens (tertiary/aromatic N) is 2. The lowest BCUT2D eigenvalue weighted by Gasteiger charge is -2.02. The third-order valence-corrected chi connectivity index (χ3v) is 2.96. The Morgan fingerprint density at radius 2 is 1.65 bits per heavy atom. The summed E-state index contributed by atoms with van der Waals surface area (Å²) in [7, 11) is 0. The van der Waals surface area contributed by atoms with Gasteiger partial charge in [0.25, 0.3) is 0 Å². The first kappa shape index (κ1) is 12.2. The van der Waals surface area contributed by atoms with Gasteiger partial charge in [-0.2, -0.15) is 0 Å². The van der Waals surface area contributed by atoms with E-state index in [1.165, 1.54) is 6.07 Å². The van der Waals surface area contributed by atoms with Crippen LogP contribution in [0.4, 0.5) is 10.2 Å². The number of nitrogen functional groups attached to an aromatic ring is 1. The van der Waals surface area contributed by atoms with Crippen LogP contribution in [0.2, 0.25) is 0 Å². The van der Waals surface area contributed by atoms with E-state index in [2.05, 4.69) is 9.97 Å². The van der Waals surface area contributed by atoms with Crippen molar-refractivity contribution in [1.29, 1.82) is 0 Å². The van der Waals surface area contributed by atoms with Crippen LogP contribution < -0.4 is 11.3 Å². The molecule has 4 nitrogen and oxygen atoms in total. The summed E-state index contributed by atoms with van der Waals surface area (Å²) in [6.07, 6.45) is 0. The molecule has 0 aliphatic heterocycles. The number of rotatable bonds is 1. The van der Waals surface area contributed by atoms with Gasteiger partial charge in [-0.05, 0) is 18.2 Å². The normalized spacial score (nSPS) is 10.7. The van der Waals surface area contributed by atoms with Gasteiger partial charge < -0.3 is 5.73 Å². The number of hydrogen-bond acceptors (Lipinski definition) is 4. The van der Waals surface area contributed by atoms with Gasteiger partial charge in [-0.25, -0.2) is 14.4 Å². The average Bonchev–Trinajstić information content (AvgIpc) is 2.57. The highest BCUT2D eigenvalue weighted by Crippen LogP contribution is 2.26. The lowest BCUT2D eigenvalue weighted by atomic mass is 10.1. The molecule has 0 amide bonds. The van der Waals surface area contributed by atoms with E-state index in [0.717, 1.165) is 0 Å². The Morgan fingerprint density at radius 1 is 0.950 bits per heavy atom. The number of fused-ring (bicyclic) bond motifs is 1. The molecule has 0 bridgehead atoms. The van der Waals surface area contributed by atoms with Crippen molar-refractivity contribution in [2.24, 2.45) is 0 Å². The third-order valence-electron chi connectivity index (χ3n) is 2.96. The fraction of sp³-hybridized carbons (Fsp3) is 0. The maximum atomic E-state index is 14.0. The van der Waals surface area contributed by atoms with Crippen LogP contribution in [0.5, 0.6) is 0 Å². The molecule has 3 rings (SSSR count). The van der Waals surface area contributed by atoms with Crippen LogP contribution in [-0.4, -0.2) is 9.97 Å². The topological polar surface area (TPSA) is 68.9 Å². The first-order valence-corrected chi connectivity index (χ1v) is 5.98. The minimum atomic E-state index is -0.621. The average molecular weight is 267 g/mol. The van der Waals surface area contributed by atoms with Crippen molar-refractivity contribution < 1.29 is 4.39 Å². The molecule has 98 valence electrons. The molecule has 20 heavy (non-hydrogen) atoms. The van der Waals surface area contributed by atoms with Crippen molar-refractivity contribution in [3.8, 4) is 11.3 Å². The molecule has 2 aromatic carbocycles. The number of halogens is 1. The first-order chi connectivity index (χ1) is 9.66. The van der Waals surface area contributed by atoms with Gasteiger partial charge in [0.15, 0.2) is 5.82 Å². The Kier molecular flexibility index (Phi) is 2.87. The lowest BCUT2D eigenvalue weighted by molar-refractivity contribution is 0.631. The molecule has 2 N–H and O–H groups in total. The van der Waals surface area contributed by atoms with Gasteiger partial charge in [-0.1, -0.05) is 30.3 Å². The molecule has 0 atom stereocenters. The van der Waals surface area contributed by atoms with E-state index in [9.17, 15) is 9.18 Å². The number of hydrogen-bond donors (Lipinski definition) is 1. The molecular weight excluding hydrogens is 257 g/mol. The summed E-state index contributed by atoms with van der Waals surface area (Å²) < 4.78 is 14.0. The van der Waals surface area contributed by atoms with E-state index in [0.29, 0.717) is 16.6 Å². The number of anilines is 1. The van der Waals surface area contributed by atoms with E-state index in [-0.39, 0.29) is 11.4 Å². The summed E-state index contributed by atoms with van der Waals surface area (Å²) in [5.41, 5.74) is 6.00. The molecule has 1 heterocycles. The van der Waals surface area contributed by atoms with Crippen molar-refractivity contribution >= 4 is 16.7 Å². The second-order valence-corrected chi connectivity index (χ2v) is 4.26. The summed E-state index contributed by atoms with van der Waals surface area (Å²) in [5.74, 6) is -0.678. The Morgan fingerprint density at radius 3 is 2.45 bits per heavy atom. The summed E-state index contributed by atoms with van der Waals surface area (Å²) in [4.78, 5) is 19.7. The molecule has 0 fully saturated rings. The predicted molar refractivity (Wildman–Crippen MR) is 75.6 cm³/mol. The van der Waals surface area contributed by atoms with Crippen LogP contribution in [0, 0.1) is 5.82 Å². The van der Waals surface area contributed by atoms with Crippen molar-refractivity contribution in [3.63, 3.8) is 0 Å². The van der Waals surface area contributed by atoms with E-state index in [1.807, 2.05) is 0 Å². The second-order valence-electron chi connectivity index (χ2n) is 4.26. The lowest BCUT2D eigenvalue weighted by Crippen LogP contribution is -2.09. The van der Waals surface area contributed by atoms with Gasteiger partial charge in [0.05, 0.1) is 11.2 Å². The Hall–Kier alpha value is -2.82. The summed E-state index contributed by atoms with van der Waals surface area (Å²) in [6, 6.07) is 13.1. The smallest absolute Gasteiger partial charge is 0.312 e. The molecule has 3 aromatic rings. The monoisotopic (exact) mass is 267 g/mol. The van der Waals surface area contributed by atoms with Crippen molar-refractivity contribution in [1.82, 2.24) is 9.97 Å². The van der Waals surface area contributed by atoms with Crippen LogP contribution in [0.15, 0.2) is 53.3 Å². The first-order valence-electron chi connectivity index (χ1n) is 5.98. The van der Waals surface area contributed by atoms with Crippen molar-refractivity contribution in [2.45, 2.75) is 0 Å². The Bertz CT molecular complexity index is 865. The van der Waals surface area contributed by atoms with E-state index < -0.39 is 11.4 Å². The molecule has 0 saturated carbocycles. The summed E-state index contributed by atoms with van der Waals surface area (Å²) in [6.45, 7) is 0. The number of aromatic nitrogens is 2. The van der Waals surface area contributed by atoms with Crippen LogP contribution in [-0.2, 0) is 0 Å². The van der Waals surface area contributed by atoms with Gasteiger partial charge in [0.1, 0.15) is 5.82 Å². The summed E-state index contributed by atoms with van der Waals surface area (Å²) in [5, 5.41) is 0.575. The largest absolute Gasteiger partial charge is 0.379 e. The number of para-hydroxylation sites is 1. The fourth-order valence-electron chi connectivity index (χ4n) is 2.03. The quantitative estimate of drug-likeness (QED) is 0.735. The van der Waals surface area contributed by atoms with Gasteiger partial charge in [0, 0.05) is 10.9 Å². The third kappa shape index (κ3) is 1.99. The van der Waals surface area contributed by atoms with Gasteiger partial charge in [-0.15, -0.1) is 0 Å². The maximum absolute atomic E-state index is 14.0. The fourth-order valence-corrected chi connectivity index (χ4v) is 2.03. The molecule has 1 aromatic heterocycles. The number of benzene rings is 2. The molecular formula is C15H10FN3O. The Balaban J connectivity index is 2.51. The van der Waals surface area contributed by atoms with Gasteiger partial charge in [0.2, 0.25) is 0 Å². The van der Waals surface area contributed by atoms with Gasteiger partial charge >= 0.3 is 5.56 Å². The second kappa shape index (κ2) is 4.70. The molecule has 0 spiro atoms. The van der Waals surface area contributed by atoms with Crippen molar-refractivity contribution in [2.75, 3.05) is 5.73 Å². The summed E-state index contributed by atoms with van der Waals surface area (Å²) >= 11 is 0. The van der Waals surface area contributed by atoms with E-state index in [1.54, 1.807) is 42.5 Å². The zero-order valence-electron chi connectivity index (χ0n) is 10.4. The maximum Gasteiger partial charge on any atom is 0.312 e. The molecule has 0 aliphatic rings. The van der Waals surface area contributed by atoms with Crippen molar-refractivity contribution in [3.05, 3.63) is 64.7 Å². The zero-order chi connectivity index (χ0) is 14.1. The predicted octanol–water partition coefficient (Wildman–Crippen LogP) is 2.38.